The zero-order chi connectivity index (χ0) is 17.5. The Morgan fingerprint density at radius 2 is 2.04 bits per heavy atom. The molecule has 2 aliphatic rings. The van der Waals surface area contributed by atoms with E-state index in [-0.39, 0.29) is 36.3 Å². The number of urea groups is 1. The lowest BCUT2D eigenvalue weighted by Gasteiger charge is -2.34. The molecule has 7 heteroatoms. The van der Waals surface area contributed by atoms with Crippen molar-refractivity contribution in [1.82, 2.24) is 20.9 Å². The normalized spacial score (nSPS) is 26.7. The monoisotopic (exact) mass is 374 g/mol. The van der Waals surface area contributed by atoms with Gasteiger partial charge in [0, 0.05) is 38.6 Å². The topological polar surface area (TPSA) is 73.5 Å². The maximum absolute atomic E-state index is 12.4. The number of nitrogens with one attached hydrogen (secondary N) is 3. The molecule has 0 aromatic carbocycles. The minimum absolute atomic E-state index is 0. The summed E-state index contributed by atoms with van der Waals surface area (Å²) in [7, 11) is 0. The molecule has 2 aliphatic heterocycles. The van der Waals surface area contributed by atoms with Crippen LogP contribution in [0.2, 0.25) is 0 Å². The molecular formula is C18H35ClN4O2. The summed E-state index contributed by atoms with van der Waals surface area (Å²) in [6.45, 7) is 10.5. The number of nitrogens with zero attached hydrogens (tertiary/aromatic N) is 1. The van der Waals surface area contributed by atoms with Crippen LogP contribution >= 0.6 is 12.4 Å². The van der Waals surface area contributed by atoms with Crippen LogP contribution in [0.5, 0.6) is 0 Å². The molecule has 6 nitrogen and oxygen atoms in total. The van der Waals surface area contributed by atoms with Crippen molar-refractivity contribution in [3.05, 3.63) is 0 Å². The zero-order valence-electron chi connectivity index (χ0n) is 15.8. The molecular weight excluding hydrogens is 340 g/mol. The Kier molecular flexibility index (Phi) is 9.57. The quantitative estimate of drug-likeness (QED) is 0.689. The van der Waals surface area contributed by atoms with Gasteiger partial charge in [-0.05, 0) is 43.6 Å². The molecule has 0 saturated carbocycles. The van der Waals surface area contributed by atoms with Crippen molar-refractivity contribution >= 4 is 24.3 Å². The summed E-state index contributed by atoms with van der Waals surface area (Å²) < 4.78 is 0. The molecule has 2 heterocycles. The minimum atomic E-state index is 0. The van der Waals surface area contributed by atoms with Crippen LogP contribution in [-0.4, -0.2) is 55.6 Å². The highest BCUT2D eigenvalue weighted by molar-refractivity contribution is 5.85. The Morgan fingerprint density at radius 3 is 2.72 bits per heavy atom. The van der Waals surface area contributed by atoms with Gasteiger partial charge in [0.05, 0.1) is 0 Å². The smallest absolute Gasteiger partial charge is 0.317 e. The van der Waals surface area contributed by atoms with Gasteiger partial charge in [0.15, 0.2) is 0 Å². The number of piperidine rings is 2. The van der Waals surface area contributed by atoms with Gasteiger partial charge < -0.3 is 20.9 Å². The van der Waals surface area contributed by atoms with E-state index in [0.717, 1.165) is 38.9 Å². The zero-order valence-corrected chi connectivity index (χ0v) is 16.7. The number of carbonyl (C=O) groups is 2. The van der Waals surface area contributed by atoms with Crippen molar-refractivity contribution in [2.45, 2.75) is 52.5 Å². The van der Waals surface area contributed by atoms with E-state index < -0.39 is 0 Å². The van der Waals surface area contributed by atoms with E-state index in [0.29, 0.717) is 31.3 Å². The number of carbonyl (C=O) groups excluding carboxylic acids is 2. The van der Waals surface area contributed by atoms with Gasteiger partial charge in [-0.1, -0.05) is 20.8 Å². The van der Waals surface area contributed by atoms with Crippen molar-refractivity contribution in [3.8, 4) is 0 Å². The molecule has 3 amide bonds. The third-order valence-corrected chi connectivity index (χ3v) is 5.12. The maximum Gasteiger partial charge on any atom is 0.317 e. The van der Waals surface area contributed by atoms with Crippen LogP contribution in [0.1, 0.15) is 46.5 Å². The average molecular weight is 375 g/mol. The van der Waals surface area contributed by atoms with Crippen LogP contribution in [0.4, 0.5) is 4.79 Å². The summed E-state index contributed by atoms with van der Waals surface area (Å²) in [5.74, 6) is 1.38. The number of likely N-dealkylation sites (tertiary alicyclic amines) is 1. The molecule has 3 N–H and O–H groups in total. The van der Waals surface area contributed by atoms with Crippen LogP contribution in [0.3, 0.4) is 0 Å². The third-order valence-electron chi connectivity index (χ3n) is 5.12. The summed E-state index contributed by atoms with van der Waals surface area (Å²) in [6, 6.07) is 0.249. The second-order valence-corrected chi connectivity index (χ2v) is 7.88. The summed E-state index contributed by atoms with van der Waals surface area (Å²) in [5, 5.41) is 9.50. The van der Waals surface area contributed by atoms with Gasteiger partial charge in [-0.3, -0.25) is 4.79 Å². The van der Waals surface area contributed by atoms with E-state index in [1.165, 1.54) is 0 Å². The average Bonchev–Trinajstić information content (AvgIpc) is 2.55. The van der Waals surface area contributed by atoms with Gasteiger partial charge in [0.2, 0.25) is 5.91 Å². The van der Waals surface area contributed by atoms with Crippen molar-refractivity contribution in [3.63, 3.8) is 0 Å². The molecule has 2 fully saturated rings. The minimum Gasteiger partial charge on any atom is -0.352 e. The van der Waals surface area contributed by atoms with Gasteiger partial charge in [0.1, 0.15) is 0 Å². The second kappa shape index (κ2) is 10.9. The van der Waals surface area contributed by atoms with E-state index in [4.69, 9.17) is 0 Å². The molecule has 0 aromatic rings. The van der Waals surface area contributed by atoms with Crippen LogP contribution in [0, 0.1) is 17.8 Å². The van der Waals surface area contributed by atoms with Crippen molar-refractivity contribution in [2.24, 2.45) is 17.8 Å². The van der Waals surface area contributed by atoms with Crippen LogP contribution in [0.25, 0.3) is 0 Å². The number of hydrogen-bond donors (Lipinski definition) is 3. The van der Waals surface area contributed by atoms with E-state index in [1.54, 1.807) is 0 Å². The third kappa shape index (κ3) is 7.40. The number of rotatable bonds is 5. The fourth-order valence-electron chi connectivity index (χ4n) is 3.53. The summed E-state index contributed by atoms with van der Waals surface area (Å²) in [6.07, 6.45) is 3.64. The highest BCUT2D eigenvalue weighted by atomic mass is 35.5. The Balaban J connectivity index is 0.00000312. The maximum atomic E-state index is 12.4. The van der Waals surface area contributed by atoms with Crippen LogP contribution in [0.15, 0.2) is 0 Å². The number of halogens is 1. The predicted molar refractivity (Wildman–Crippen MR) is 103 cm³/mol. The molecule has 0 bridgehead atoms. The Bertz CT molecular complexity index is 433. The van der Waals surface area contributed by atoms with Gasteiger partial charge in [-0.15, -0.1) is 12.4 Å². The van der Waals surface area contributed by atoms with Crippen LogP contribution in [-0.2, 0) is 4.79 Å². The molecule has 25 heavy (non-hydrogen) atoms. The molecule has 3 atom stereocenters. The van der Waals surface area contributed by atoms with Crippen molar-refractivity contribution in [2.75, 3.05) is 32.7 Å². The standard InChI is InChI=1S/C18H34N4O2.ClH/c1-13(2)10-20-18(24)22-8-4-5-15(12-22)9-17(23)21-16-11-19-7-6-14(16)3;/h13-16,19H,4-12H2,1-3H3,(H,20,24)(H,21,23);1H. The lowest BCUT2D eigenvalue weighted by molar-refractivity contribution is -0.123. The first-order valence-corrected chi connectivity index (χ1v) is 9.48. The van der Waals surface area contributed by atoms with Crippen molar-refractivity contribution < 1.29 is 9.59 Å². The van der Waals surface area contributed by atoms with E-state index in [9.17, 15) is 9.59 Å². The number of hydrogen-bond acceptors (Lipinski definition) is 3. The predicted octanol–water partition coefficient (Wildman–Crippen LogP) is 1.99. The lowest BCUT2D eigenvalue weighted by Crippen LogP contribution is -2.51. The summed E-state index contributed by atoms with van der Waals surface area (Å²) >= 11 is 0. The van der Waals surface area contributed by atoms with Gasteiger partial charge in [-0.25, -0.2) is 4.79 Å². The van der Waals surface area contributed by atoms with Crippen molar-refractivity contribution in [1.29, 1.82) is 0 Å². The van der Waals surface area contributed by atoms with Gasteiger partial charge in [-0.2, -0.15) is 0 Å². The molecule has 0 aliphatic carbocycles. The first-order valence-electron chi connectivity index (χ1n) is 9.48. The Hall–Kier alpha value is -1.01. The lowest BCUT2D eigenvalue weighted by atomic mass is 9.92. The first-order chi connectivity index (χ1) is 11.5. The van der Waals surface area contributed by atoms with E-state index >= 15 is 0 Å². The number of amides is 3. The van der Waals surface area contributed by atoms with E-state index in [2.05, 4.69) is 36.7 Å². The SMILES string of the molecule is CC(C)CNC(=O)N1CCCC(CC(=O)NC2CNCCC2C)C1.Cl. The molecule has 0 spiro atoms. The van der Waals surface area contributed by atoms with E-state index in [1.807, 2.05) is 4.90 Å². The molecule has 2 saturated heterocycles. The Labute approximate surface area is 158 Å². The van der Waals surface area contributed by atoms with Gasteiger partial charge >= 0.3 is 6.03 Å². The summed E-state index contributed by atoms with van der Waals surface area (Å²) in [4.78, 5) is 26.4. The highest BCUT2D eigenvalue weighted by Crippen LogP contribution is 2.20. The molecule has 2 rings (SSSR count). The highest BCUT2D eigenvalue weighted by Gasteiger charge is 2.27. The van der Waals surface area contributed by atoms with Gasteiger partial charge in [0.25, 0.3) is 0 Å². The molecule has 0 radical (unpaired) electrons. The Morgan fingerprint density at radius 1 is 1.28 bits per heavy atom. The largest absolute Gasteiger partial charge is 0.352 e. The van der Waals surface area contributed by atoms with Crippen LogP contribution < -0.4 is 16.0 Å². The molecule has 146 valence electrons. The second-order valence-electron chi connectivity index (χ2n) is 7.88. The molecule has 3 unspecified atom stereocenters. The fraction of sp³-hybridized carbons (Fsp3) is 0.889. The summed E-state index contributed by atoms with van der Waals surface area (Å²) in [5.41, 5.74) is 0. The molecule has 0 aromatic heterocycles. The fourth-order valence-corrected chi connectivity index (χ4v) is 3.53. The first kappa shape index (κ1) is 22.0.